The quantitative estimate of drug-likeness (QED) is 0.893. The minimum atomic E-state index is -0.988. The van der Waals surface area contributed by atoms with E-state index in [2.05, 4.69) is 4.98 Å². The average Bonchev–Trinajstić information content (AvgIpc) is 2.98. The molecular formula is C13H14N2O3S. The molecule has 0 radical (unpaired) electrons. The van der Waals surface area contributed by atoms with E-state index in [1.165, 1.54) is 0 Å². The predicted octanol–water partition coefficient (Wildman–Crippen LogP) is 1.54. The lowest BCUT2D eigenvalue weighted by molar-refractivity contribution is 0.0686. The van der Waals surface area contributed by atoms with Crippen molar-refractivity contribution in [2.75, 3.05) is 0 Å². The van der Waals surface area contributed by atoms with Crippen LogP contribution in [-0.4, -0.2) is 31.8 Å². The van der Waals surface area contributed by atoms with Crippen LogP contribution in [0.2, 0.25) is 0 Å². The maximum absolute atomic E-state index is 11.2. The zero-order chi connectivity index (χ0) is 13.4. The Balaban J connectivity index is 2.01. The Morgan fingerprint density at radius 3 is 3.11 bits per heavy atom. The van der Waals surface area contributed by atoms with Crippen LogP contribution in [0.4, 0.5) is 0 Å². The summed E-state index contributed by atoms with van der Waals surface area (Å²) >= 11 is 1.62. The third-order valence-corrected chi connectivity index (χ3v) is 4.25. The molecule has 1 aliphatic rings. The summed E-state index contributed by atoms with van der Waals surface area (Å²) in [6, 6.07) is 3.97. The number of aliphatic hydroxyl groups excluding tert-OH is 1. The van der Waals surface area contributed by atoms with Gasteiger partial charge in [-0.2, -0.15) is 0 Å². The number of aromatic carboxylic acids is 1. The van der Waals surface area contributed by atoms with E-state index in [1.807, 2.05) is 22.1 Å². The number of carboxylic acid groups (broad SMARTS) is 1. The first-order valence-corrected chi connectivity index (χ1v) is 7.05. The van der Waals surface area contributed by atoms with Gasteiger partial charge in [0.25, 0.3) is 0 Å². The lowest BCUT2D eigenvalue weighted by atomic mass is 10.1. The van der Waals surface area contributed by atoms with Gasteiger partial charge in [-0.1, -0.05) is 6.07 Å². The molecule has 3 heterocycles. The van der Waals surface area contributed by atoms with Crippen LogP contribution in [0.5, 0.6) is 0 Å². The summed E-state index contributed by atoms with van der Waals surface area (Å²) in [6.45, 7) is 0.441. The highest BCUT2D eigenvalue weighted by molar-refractivity contribution is 7.09. The fraction of sp³-hybridized carbons (Fsp3) is 0.385. The second-order valence-corrected chi connectivity index (χ2v) is 5.72. The third-order valence-electron chi connectivity index (χ3n) is 3.37. The van der Waals surface area contributed by atoms with Crippen molar-refractivity contribution in [1.29, 1.82) is 0 Å². The van der Waals surface area contributed by atoms with Crippen molar-refractivity contribution < 1.29 is 15.0 Å². The fourth-order valence-electron chi connectivity index (χ4n) is 2.49. The molecule has 0 aromatic carbocycles. The molecule has 0 saturated heterocycles. The molecule has 0 fully saturated rings. The smallest absolute Gasteiger partial charge is 0.356 e. The van der Waals surface area contributed by atoms with Gasteiger partial charge in [-0.3, -0.25) is 0 Å². The van der Waals surface area contributed by atoms with Crippen LogP contribution in [0.1, 0.15) is 33.3 Å². The summed E-state index contributed by atoms with van der Waals surface area (Å²) in [4.78, 5) is 16.6. The number of aliphatic hydroxyl groups is 1. The monoisotopic (exact) mass is 278 g/mol. The second-order valence-electron chi connectivity index (χ2n) is 4.69. The number of nitrogens with zero attached hydrogens (tertiary/aromatic N) is 2. The van der Waals surface area contributed by atoms with Gasteiger partial charge in [0.2, 0.25) is 0 Å². The Hall–Kier alpha value is -1.66. The van der Waals surface area contributed by atoms with Gasteiger partial charge < -0.3 is 14.8 Å². The topological polar surface area (TPSA) is 75.3 Å². The molecule has 0 saturated carbocycles. The van der Waals surface area contributed by atoms with Crippen molar-refractivity contribution in [2.45, 2.75) is 31.9 Å². The van der Waals surface area contributed by atoms with Crippen LogP contribution in [0, 0.1) is 0 Å². The number of imidazole rings is 1. The number of rotatable bonds is 3. The Labute approximate surface area is 114 Å². The van der Waals surface area contributed by atoms with Crippen molar-refractivity contribution in [3.8, 4) is 0 Å². The highest BCUT2D eigenvalue weighted by Gasteiger charge is 2.27. The minimum Gasteiger partial charge on any atom is -0.476 e. The van der Waals surface area contributed by atoms with Crippen LogP contribution in [0.15, 0.2) is 17.5 Å². The summed E-state index contributed by atoms with van der Waals surface area (Å²) in [6.07, 6.45) is 1.38. The van der Waals surface area contributed by atoms with Gasteiger partial charge in [0, 0.05) is 11.3 Å². The molecule has 0 bridgehead atoms. The first-order valence-electron chi connectivity index (χ1n) is 6.17. The first-order chi connectivity index (χ1) is 9.15. The molecule has 1 aliphatic heterocycles. The van der Waals surface area contributed by atoms with Gasteiger partial charge in [0.15, 0.2) is 5.69 Å². The summed E-state index contributed by atoms with van der Waals surface area (Å²) in [7, 11) is 0. The Morgan fingerprint density at radius 2 is 2.42 bits per heavy atom. The maximum atomic E-state index is 11.2. The average molecular weight is 278 g/mol. The molecule has 5 nitrogen and oxygen atoms in total. The Bertz CT molecular complexity index is 604. The van der Waals surface area contributed by atoms with Gasteiger partial charge in [0.1, 0.15) is 5.82 Å². The Kier molecular flexibility index (Phi) is 3.12. The van der Waals surface area contributed by atoms with E-state index in [4.69, 9.17) is 0 Å². The molecule has 100 valence electrons. The normalized spacial score (nSPS) is 18.3. The third kappa shape index (κ3) is 2.29. The highest BCUT2D eigenvalue weighted by atomic mass is 32.1. The van der Waals surface area contributed by atoms with Gasteiger partial charge in [-0.15, -0.1) is 11.3 Å². The summed E-state index contributed by atoms with van der Waals surface area (Å²) in [5, 5.41) is 21.0. The van der Waals surface area contributed by atoms with Gasteiger partial charge in [-0.05, 0) is 24.3 Å². The molecule has 3 rings (SSSR count). The van der Waals surface area contributed by atoms with E-state index < -0.39 is 12.1 Å². The van der Waals surface area contributed by atoms with E-state index in [9.17, 15) is 15.0 Å². The van der Waals surface area contributed by atoms with E-state index in [1.54, 1.807) is 11.3 Å². The minimum absolute atomic E-state index is 0.137. The summed E-state index contributed by atoms with van der Waals surface area (Å²) in [5.41, 5.74) is 0.878. The van der Waals surface area contributed by atoms with Gasteiger partial charge >= 0.3 is 5.97 Å². The van der Waals surface area contributed by atoms with E-state index >= 15 is 0 Å². The largest absolute Gasteiger partial charge is 0.476 e. The van der Waals surface area contributed by atoms with Gasteiger partial charge in [0.05, 0.1) is 18.3 Å². The Morgan fingerprint density at radius 1 is 1.58 bits per heavy atom. The first kappa shape index (κ1) is 12.4. The fourth-order valence-corrected chi connectivity index (χ4v) is 3.19. The lowest BCUT2D eigenvalue weighted by Gasteiger charge is -2.21. The SMILES string of the molecule is O=C(O)c1nc(Cc2cccs2)n2c1CCC(O)C2. The molecule has 0 aliphatic carbocycles. The van der Waals surface area contributed by atoms with Crippen molar-refractivity contribution in [2.24, 2.45) is 0 Å². The van der Waals surface area contributed by atoms with E-state index in [0.29, 0.717) is 25.8 Å². The number of aromatic nitrogens is 2. The summed E-state index contributed by atoms with van der Waals surface area (Å²) in [5.74, 6) is -0.258. The molecule has 6 heteroatoms. The summed E-state index contributed by atoms with van der Waals surface area (Å²) < 4.78 is 1.87. The number of hydrogen-bond donors (Lipinski definition) is 2. The standard InChI is InChI=1S/C13H14N2O3S/c16-8-3-4-10-12(13(17)18)14-11(15(10)7-8)6-9-2-1-5-19-9/h1-2,5,8,16H,3-4,6-7H2,(H,17,18). The van der Waals surface area contributed by atoms with Crippen molar-refractivity contribution in [3.63, 3.8) is 0 Å². The number of carbonyl (C=O) groups is 1. The van der Waals surface area contributed by atoms with Crippen molar-refractivity contribution >= 4 is 17.3 Å². The molecular weight excluding hydrogens is 264 g/mol. The lowest BCUT2D eigenvalue weighted by Crippen LogP contribution is -2.26. The van der Waals surface area contributed by atoms with Crippen LogP contribution < -0.4 is 0 Å². The molecule has 19 heavy (non-hydrogen) atoms. The molecule has 0 spiro atoms. The van der Waals surface area contributed by atoms with Gasteiger partial charge in [-0.25, -0.2) is 9.78 Å². The zero-order valence-corrected chi connectivity index (χ0v) is 11.1. The molecule has 2 aromatic rings. The van der Waals surface area contributed by atoms with Crippen molar-refractivity contribution in [1.82, 2.24) is 9.55 Å². The van der Waals surface area contributed by atoms with Crippen molar-refractivity contribution in [3.05, 3.63) is 39.6 Å². The maximum Gasteiger partial charge on any atom is 0.356 e. The predicted molar refractivity (Wildman–Crippen MR) is 70.6 cm³/mol. The van der Waals surface area contributed by atoms with E-state index in [0.717, 1.165) is 16.4 Å². The van der Waals surface area contributed by atoms with Crippen LogP contribution >= 0.6 is 11.3 Å². The molecule has 2 N–H and O–H groups in total. The number of thiophene rings is 1. The number of fused-ring (bicyclic) bond motifs is 1. The molecule has 2 aromatic heterocycles. The molecule has 0 amide bonds. The van der Waals surface area contributed by atoms with Crippen LogP contribution in [0.3, 0.4) is 0 Å². The molecule has 1 unspecified atom stereocenters. The molecule has 1 atom stereocenters. The van der Waals surface area contributed by atoms with Crippen LogP contribution in [0.25, 0.3) is 0 Å². The van der Waals surface area contributed by atoms with E-state index in [-0.39, 0.29) is 5.69 Å². The number of hydrogen-bond acceptors (Lipinski definition) is 4. The number of carboxylic acids is 1. The highest BCUT2D eigenvalue weighted by Crippen LogP contribution is 2.24. The van der Waals surface area contributed by atoms with Crippen LogP contribution in [-0.2, 0) is 19.4 Å². The second kappa shape index (κ2) is 4.79. The zero-order valence-electron chi connectivity index (χ0n) is 10.2.